The largest absolute Gasteiger partial charge is 0.382 e. The van der Waals surface area contributed by atoms with Gasteiger partial charge in [-0.15, -0.1) is 0 Å². The Hall–Kier alpha value is -3.19. The molecule has 3 amide bonds. The maximum absolute atomic E-state index is 12.4. The molecule has 0 aliphatic rings. The minimum atomic E-state index is -0.282. The van der Waals surface area contributed by atoms with Crippen molar-refractivity contribution in [2.45, 2.75) is 19.8 Å². The molecule has 0 unspecified atom stereocenters. The molecule has 0 heterocycles. The Morgan fingerprint density at radius 2 is 1.55 bits per heavy atom. The minimum absolute atomic E-state index is 0.100. The van der Waals surface area contributed by atoms with Gasteiger partial charge in [-0.2, -0.15) is 0 Å². The SMILES string of the molecule is CCOCCCNC(=O)c1ccccc1NC(=O)CCNC(=O)c1ccccc1. The summed E-state index contributed by atoms with van der Waals surface area (Å²) in [6.45, 7) is 3.85. The fourth-order valence-electron chi connectivity index (χ4n) is 2.60. The van der Waals surface area contributed by atoms with Crippen molar-refractivity contribution in [3.63, 3.8) is 0 Å². The molecule has 7 nitrogen and oxygen atoms in total. The zero-order valence-corrected chi connectivity index (χ0v) is 16.6. The summed E-state index contributed by atoms with van der Waals surface area (Å²) in [5.74, 6) is -0.769. The Bertz CT molecular complexity index is 809. The van der Waals surface area contributed by atoms with Gasteiger partial charge in [-0.1, -0.05) is 30.3 Å². The molecular weight excluding hydrogens is 370 g/mol. The Labute approximate surface area is 170 Å². The summed E-state index contributed by atoms with van der Waals surface area (Å²) in [7, 11) is 0. The third kappa shape index (κ3) is 7.75. The molecule has 0 saturated heterocycles. The first-order valence-electron chi connectivity index (χ1n) is 9.70. The molecule has 2 aromatic rings. The van der Waals surface area contributed by atoms with E-state index in [0.29, 0.717) is 36.6 Å². The molecule has 0 saturated carbocycles. The lowest BCUT2D eigenvalue weighted by atomic mass is 10.1. The zero-order chi connectivity index (χ0) is 20.9. The smallest absolute Gasteiger partial charge is 0.253 e. The predicted molar refractivity (Wildman–Crippen MR) is 112 cm³/mol. The van der Waals surface area contributed by atoms with Crippen molar-refractivity contribution in [1.82, 2.24) is 10.6 Å². The monoisotopic (exact) mass is 397 g/mol. The second kappa shape index (κ2) is 12.3. The van der Waals surface area contributed by atoms with Gasteiger partial charge in [0.15, 0.2) is 0 Å². The summed E-state index contributed by atoms with van der Waals surface area (Å²) in [5, 5.41) is 8.27. The molecule has 0 spiro atoms. The van der Waals surface area contributed by atoms with Crippen LogP contribution in [0.1, 0.15) is 40.5 Å². The fraction of sp³-hybridized carbons (Fsp3) is 0.318. The first-order valence-corrected chi connectivity index (χ1v) is 9.70. The van der Waals surface area contributed by atoms with E-state index < -0.39 is 0 Å². The van der Waals surface area contributed by atoms with E-state index >= 15 is 0 Å². The van der Waals surface area contributed by atoms with Gasteiger partial charge in [-0.3, -0.25) is 14.4 Å². The zero-order valence-electron chi connectivity index (χ0n) is 16.6. The van der Waals surface area contributed by atoms with Crippen LogP contribution in [0.15, 0.2) is 54.6 Å². The van der Waals surface area contributed by atoms with Gasteiger partial charge < -0.3 is 20.7 Å². The van der Waals surface area contributed by atoms with Crippen LogP contribution in [-0.2, 0) is 9.53 Å². The van der Waals surface area contributed by atoms with E-state index in [0.717, 1.165) is 6.42 Å². The third-order valence-corrected chi connectivity index (χ3v) is 4.07. The quantitative estimate of drug-likeness (QED) is 0.508. The van der Waals surface area contributed by atoms with E-state index in [1.165, 1.54) is 0 Å². The molecule has 2 aromatic carbocycles. The lowest BCUT2D eigenvalue weighted by molar-refractivity contribution is -0.116. The second-order valence-corrected chi connectivity index (χ2v) is 6.27. The topological polar surface area (TPSA) is 96.5 Å². The summed E-state index contributed by atoms with van der Waals surface area (Å²) >= 11 is 0. The molecule has 0 radical (unpaired) electrons. The molecule has 29 heavy (non-hydrogen) atoms. The van der Waals surface area contributed by atoms with Crippen molar-refractivity contribution in [3.8, 4) is 0 Å². The highest BCUT2D eigenvalue weighted by molar-refractivity contribution is 6.03. The van der Waals surface area contributed by atoms with Crippen LogP contribution in [0.5, 0.6) is 0 Å². The number of ether oxygens (including phenoxy) is 1. The van der Waals surface area contributed by atoms with Crippen LogP contribution in [-0.4, -0.2) is 44.0 Å². The van der Waals surface area contributed by atoms with Gasteiger partial charge in [0.1, 0.15) is 0 Å². The van der Waals surface area contributed by atoms with Crippen molar-refractivity contribution in [2.75, 3.05) is 31.6 Å². The van der Waals surface area contributed by atoms with Crippen molar-refractivity contribution in [3.05, 3.63) is 65.7 Å². The van der Waals surface area contributed by atoms with Crippen LogP contribution in [0.25, 0.3) is 0 Å². The van der Waals surface area contributed by atoms with Crippen LogP contribution < -0.4 is 16.0 Å². The predicted octanol–water partition coefficient (Wildman–Crippen LogP) is 2.60. The Kier molecular flexibility index (Phi) is 9.38. The highest BCUT2D eigenvalue weighted by Crippen LogP contribution is 2.15. The van der Waals surface area contributed by atoms with E-state index in [1.54, 1.807) is 48.5 Å². The number of nitrogens with one attached hydrogen (secondary N) is 3. The van der Waals surface area contributed by atoms with Crippen LogP contribution >= 0.6 is 0 Å². The number of benzene rings is 2. The van der Waals surface area contributed by atoms with E-state index in [1.807, 2.05) is 13.0 Å². The summed E-state index contributed by atoms with van der Waals surface area (Å²) in [6.07, 6.45) is 0.818. The summed E-state index contributed by atoms with van der Waals surface area (Å²) in [6, 6.07) is 15.6. The molecule has 0 aliphatic carbocycles. The van der Waals surface area contributed by atoms with E-state index in [9.17, 15) is 14.4 Å². The highest BCUT2D eigenvalue weighted by atomic mass is 16.5. The molecule has 2 rings (SSSR count). The molecule has 0 atom stereocenters. The minimum Gasteiger partial charge on any atom is -0.382 e. The Morgan fingerprint density at radius 1 is 0.862 bits per heavy atom. The lowest BCUT2D eigenvalue weighted by Crippen LogP contribution is -2.29. The number of rotatable bonds is 11. The van der Waals surface area contributed by atoms with Crippen molar-refractivity contribution >= 4 is 23.4 Å². The molecule has 7 heteroatoms. The van der Waals surface area contributed by atoms with Crippen LogP contribution in [0.4, 0.5) is 5.69 Å². The molecule has 3 N–H and O–H groups in total. The summed E-state index contributed by atoms with van der Waals surface area (Å²) < 4.78 is 5.24. The number of carbonyl (C=O) groups excluding carboxylic acids is 3. The van der Waals surface area contributed by atoms with Crippen molar-refractivity contribution < 1.29 is 19.1 Å². The Balaban J connectivity index is 1.81. The number of carbonyl (C=O) groups is 3. The van der Waals surface area contributed by atoms with Gasteiger partial charge in [0.25, 0.3) is 11.8 Å². The Morgan fingerprint density at radius 3 is 2.31 bits per heavy atom. The van der Waals surface area contributed by atoms with Crippen LogP contribution in [0.3, 0.4) is 0 Å². The van der Waals surface area contributed by atoms with Crippen molar-refractivity contribution in [1.29, 1.82) is 0 Å². The fourth-order valence-corrected chi connectivity index (χ4v) is 2.60. The van der Waals surface area contributed by atoms with Crippen molar-refractivity contribution in [2.24, 2.45) is 0 Å². The van der Waals surface area contributed by atoms with Gasteiger partial charge in [-0.05, 0) is 37.6 Å². The molecule has 154 valence electrons. The molecule has 0 aliphatic heterocycles. The lowest BCUT2D eigenvalue weighted by Gasteiger charge is -2.12. The normalized spacial score (nSPS) is 10.2. The maximum atomic E-state index is 12.4. The van der Waals surface area contributed by atoms with Crippen LogP contribution in [0, 0.1) is 0 Å². The number of hydrogen-bond acceptors (Lipinski definition) is 4. The average molecular weight is 397 g/mol. The molecule has 0 fully saturated rings. The average Bonchev–Trinajstić information content (AvgIpc) is 2.74. The van der Waals surface area contributed by atoms with E-state index in [4.69, 9.17) is 4.74 Å². The van der Waals surface area contributed by atoms with Gasteiger partial charge in [0, 0.05) is 38.3 Å². The molecule has 0 aromatic heterocycles. The first kappa shape index (κ1) is 22.1. The number of hydrogen-bond donors (Lipinski definition) is 3. The van der Waals surface area contributed by atoms with E-state index in [-0.39, 0.29) is 30.7 Å². The molecule has 0 bridgehead atoms. The highest BCUT2D eigenvalue weighted by Gasteiger charge is 2.13. The van der Waals surface area contributed by atoms with E-state index in [2.05, 4.69) is 16.0 Å². The number of para-hydroxylation sites is 1. The second-order valence-electron chi connectivity index (χ2n) is 6.27. The standard InChI is InChI=1S/C22H27N3O4/c1-2-29-16-8-14-23-22(28)18-11-6-7-12-19(18)25-20(26)13-15-24-21(27)17-9-4-3-5-10-17/h3-7,9-12H,2,8,13-16H2,1H3,(H,23,28)(H,24,27)(H,25,26). The maximum Gasteiger partial charge on any atom is 0.253 e. The van der Waals surface area contributed by atoms with Gasteiger partial charge in [0.2, 0.25) is 5.91 Å². The number of anilines is 1. The molecular formula is C22H27N3O4. The van der Waals surface area contributed by atoms with Gasteiger partial charge in [0.05, 0.1) is 11.3 Å². The first-order chi connectivity index (χ1) is 14.1. The van der Waals surface area contributed by atoms with Gasteiger partial charge >= 0.3 is 0 Å². The van der Waals surface area contributed by atoms with Gasteiger partial charge in [-0.25, -0.2) is 0 Å². The number of amides is 3. The summed E-state index contributed by atoms with van der Waals surface area (Å²) in [5.41, 5.74) is 1.37. The van der Waals surface area contributed by atoms with Crippen LogP contribution in [0.2, 0.25) is 0 Å². The third-order valence-electron chi connectivity index (χ3n) is 4.07. The summed E-state index contributed by atoms with van der Waals surface area (Å²) in [4.78, 5) is 36.6.